The summed E-state index contributed by atoms with van der Waals surface area (Å²) in [5.41, 5.74) is -0.330. The molecule has 1 N–H and O–H groups in total. The van der Waals surface area contributed by atoms with Gasteiger partial charge < -0.3 is 4.74 Å². The van der Waals surface area contributed by atoms with Gasteiger partial charge in [0.25, 0.3) is 11.8 Å². The maximum Gasteiger partial charge on any atom is 0.392 e. The highest BCUT2D eigenvalue weighted by Gasteiger charge is 2.36. The van der Waals surface area contributed by atoms with Gasteiger partial charge in [0.15, 0.2) is 5.11 Å². The lowest BCUT2D eigenvalue weighted by molar-refractivity contribution is -0.126. The lowest BCUT2D eigenvalue weighted by Gasteiger charge is -2.29. The van der Waals surface area contributed by atoms with Gasteiger partial charge in [0.1, 0.15) is 17.1 Å². The Hall–Kier alpha value is -3.20. The molecule has 1 aliphatic heterocycles. The molecule has 9 heteroatoms. The van der Waals surface area contributed by atoms with E-state index in [0.29, 0.717) is 17.6 Å². The van der Waals surface area contributed by atoms with Crippen molar-refractivity contribution in [1.82, 2.24) is 5.32 Å². The fourth-order valence-electron chi connectivity index (χ4n) is 2.45. The van der Waals surface area contributed by atoms with E-state index in [1.165, 1.54) is 12.1 Å². The van der Waals surface area contributed by atoms with Crippen LogP contribution in [0.25, 0.3) is 0 Å². The van der Waals surface area contributed by atoms with Crippen LogP contribution in [-0.2, 0) is 9.59 Å². The number of para-hydroxylation sites is 1. The van der Waals surface area contributed by atoms with Crippen molar-refractivity contribution in [2.45, 2.75) is 12.6 Å². The van der Waals surface area contributed by atoms with E-state index < -0.39 is 30.0 Å². The van der Waals surface area contributed by atoms with Crippen molar-refractivity contribution in [3.8, 4) is 11.5 Å². The molecule has 2 aromatic carbocycles. The van der Waals surface area contributed by atoms with E-state index in [4.69, 9.17) is 17.0 Å². The summed E-state index contributed by atoms with van der Waals surface area (Å²) in [5.74, 6) is -0.777. The molecule has 0 unspecified atom stereocenters. The molecule has 2 aromatic rings. The molecule has 1 heterocycles. The van der Waals surface area contributed by atoms with Crippen LogP contribution in [-0.4, -0.2) is 23.1 Å². The molecule has 1 aliphatic rings. The maximum absolute atomic E-state index is 12.6. The second kappa shape index (κ2) is 7.81. The summed E-state index contributed by atoms with van der Waals surface area (Å²) in [6, 6.07) is 15.2. The van der Waals surface area contributed by atoms with E-state index in [-0.39, 0.29) is 10.8 Å². The van der Waals surface area contributed by atoms with Gasteiger partial charge in [0, 0.05) is 0 Å². The number of anilines is 1. The van der Waals surface area contributed by atoms with Crippen molar-refractivity contribution in [1.29, 1.82) is 0 Å². The van der Waals surface area contributed by atoms with Gasteiger partial charge in [-0.25, -0.2) is 0 Å². The summed E-state index contributed by atoms with van der Waals surface area (Å²) in [7, 11) is 0. The van der Waals surface area contributed by atoms with Gasteiger partial charge >= 0.3 is 6.18 Å². The summed E-state index contributed by atoms with van der Waals surface area (Å²) in [6.07, 6.45) is -5.38. The summed E-state index contributed by atoms with van der Waals surface area (Å²) in [5, 5.41) is 2.02. The molecule has 1 fully saturated rings. The van der Waals surface area contributed by atoms with Crippen molar-refractivity contribution < 1.29 is 27.5 Å². The van der Waals surface area contributed by atoms with Gasteiger partial charge in [-0.2, -0.15) is 13.2 Å². The highest BCUT2D eigenvalue weighted by molar-refractivity contribution is 7.80. The number of hydrogen-bond donors (Lipinski definition) is 1. The molecule has 3 rings (SSSR count). The first-order chi connectivity index (χ1) is 13.2. The lowest BCUT2D eigenvalue weighted by atomic mass is 10.1. The Labute approximate surface area is 163 Å². The van der Waals surface area contributed by atoms with E-state index in [1.807, 2.05) is 18.2 Å². The topological polar surface area (TPSA) is 58.6 Å². The van der Waals surface area contributed by atoms with Gasteiger partial charge in [0.2, 0.25) is 0 Å². The number of nitrogens with one attached hydrogen (secondary N) is 1. The molecule has 0 aromatic heterocycles. The second-order valence-corrected chi connectivity index (χ2v) is 6.13. The van der Waals surface area contributed by atoms with Crippen LogP contribution in [0.3, 0.4) is 0 Å². The van der Waals surface area contributed by atoms with Crippen molar-refractivity contribution >= 4 is 34.8 Å². The van der Waals surface area contributed by atoms with E-state index in [2.05, 4.69) is 5.32 Å². The van der Waals surface area contributed by atoms with Crippen molar-refractivity contribution in [3.05, 3.63) is 66.2 Å². The Morgan fingerprint density at radius 2 is 1.61 bits per heavy atom. The number of carbonyl (C=O) groups excluding carboxylic acids is 2. The standard InChI is InChI=1S/C19H13F3N2O3S/c20-19(21,22)11-10-15-16(25)23-18(28)24(17(15)26)12-6-8-14(9-7-12)27-13-4-2-1-3-5-13/h1-10H,11H2,(H,23,25,28)/b15-10-. The SMILES string of the molecule is O=C1NC(=S)N(c2ccc(Oc3ccccc3)cc2)C(=O)/C1=C\CC(F)(F)F. The molecule has 0 atom stereocenters. The van der Waals surface area contributed by atoms with Crippen molar-refractivity contribution in [3.63, 3.8) is 0 Å². The van der Waals surface area contributed by atoms with Crippen LogP contribution in [0.1, 0.15) is 6.42 Å². The normalized spacial score (nSPS) is 16.3. The quantitative estimate of drug-likeness (QED) is 0.472. The fourth-order valence-corrected chi connectivity index (χ4v) is 2.73. The molecule has 0 aliphatic carbocycles. The number of carbonyl (C=O) groups is 2. The van der Waals surface area contributed by atoms with Gasteiger partial charge in [-0.3, -0.25) is 19.8 Å². The minimum atomic E-state index is -4.53. The van der Waals surface area contributed by atoms with Crippen LogP contribution >= 0.6 is 12.2 Å². The third-order valence-corrected chi connectivity index (χ3v) is 4.00. The van der Waals surface area contributed by atoms with E-state index in [1.54, 1.807) is 24.3 Å². The number of ether oxygens (including phenoxy) is 1. The molecule has 0 radical (unpaired) electrons. The number of hydrogen-bond acceptors (Lipinski definition) is 4. The zero-order chi connectivity index (χ0) is 20.3. The Balaban J connectivity index is 1.82. The van der Waals surface area contributed by atoms with Crippen LogP contribution in [0.4, 0.5) is 18.9 Å². The predicted molar refractivity (Wildman–Crippen MR) is 99.9 cm³/mol. The third-order valence-electron chi connectivity index (χ3n) is 3.71. The minimum Gasteiger partial charge on any atom is -0.457 e. The first kappa shape index (κ1) is 19.6. The number of benzene rings is 2. The molecular formula is C19H13F3N2O3S. The van der Waals surface area contributed by atoms with Crippen LogP contribution in [0.5, 0.6) is 11.5 Å². The van der Waals surface area contributed by atoms with Gasteiger partial charge in [0.05, 0.1) is 12.1 Å². The first-order valence-electron chi connectivity index (χ1n) is 8.04. The predicted octanol–water partition coefficient (Wildman–Crippen LogP) is 4.11. The third kappa shape index (κ3) is 4.55. The smallest absolute Gasteiger partial charge is 0.392 e. The Morgan fingerprint density at radius 3 is 2.21 bits per heavy atom. The number of nitrogens with zero attached hydrogens (tertiary/aromatic N) is 1. The van der Waals surface area contributed by atoms with Gasteiger partial charge in [-0.05, 0) is 48.6 Å². The highest BCUT2D eigenvalue weighted by atomic mass is 32.1. The molecule has 144 valence electrons. The highest BCUT2D eigenvalue weighted by Crippen LogP contribution is 2.27. The molecule has 0 spiro atoms. The van der Waals surface area contributed by atoms with Crippen LogP contribution in [0.15, 0.2) is 66.2 Å². The Morgan fingerprint density at radius 1 is 1.00 bits per heavy atom. The average molecular weight is 406 g/mol. The molecule has 0 bridgehead atoms. The summed E-state index contributed by atoms with van der Waals surface area (Å²) in [6.45, 7) is 0. The number of amides is 2. The first-order valence-corrected chi connectivity index (χ1v) is 8.45. The van der Waals surface area contributed by atoms with Crippen molar-refractivity contribution in [2.24, 2.45) is 0 Å². The molecule has 28 heavy (non-hydrogen) atoms. The summed E-state index contributed by atoms with van der Waals surface area (Å²) in [4.78, 5) is 25.4. The Kier molecular flexibility index (Phi) is 5.46. The lowest BCUT2D eigenvalue weighted by Crippen LogP contribution is -2.54. The zero-order valence-corrected chi connectivity index (χ0v) is 15.0. The monoisotopic (exact) mass is 406 g/mol. The van der Waals surface area contributed by atoms with Gasteiger partial charge in [-0.1, -0.05) is 24.3 Å². The van der Waals surface area contributed by atoms with E-state index in [9.17, 15) is 22.8 Å². The van der Waals surface area contributed by atoms with E-state index >= 15 is 0 Å². The zero-order valence-electron chi connectivity index (χ0n) is 14.2. The average Bonchev–Trinajstić information content (AvgIpc) is 2.62. The number of alkyl halides is 3. The molecule has 1 saturated heterocycles. The minimum absolute atomic E-state index is 0.212. The maximum atomic E-state index is 12.6. The number of thiocarbonyl (C=S) groups is 1. The molecule has 5 nitrogen and oxygen atoms in total. The number of allylic oxidation sites excluding steroid dienone is 1. The van der Waals surface area contributed by atoms with Crippen LogP contribution < -0.4 is 15.0 Å². The summed E-state index contributed by atoms with van der Waals surface area (Å²) < 4.78 is 43.0. The molecule has 0 saturated carbocycles. The van der Waals surface area contributed by atoms with E-state index in [0.717, 1.165) is 4.90 Å². The van der Waals surface area contributed by atoms with Crippen molar-refractivity contribution in [2.75, 3.05) is 4.90 Å². The molecular weight excluding hydrogens is 393 g/mol. The summed E-state index contributed by atoms with van der Waals surface area (Å²) >= 11 is 5.00. The second-order valence-electron chi connectivity index (χ2n) is 5.75. The van der Waals surface area contributed by atoms with Crippen LogP contribution in [0.2, 0.25) is 0 Å². The number of rotatable bonds is 4. The molecule has 2 amide bonds. The van der Waals surface area contributed by atoms with Gasteiger partial charge in [-0.15, -0.1) is 0 Å². The number of halogens is 3. The largest absolute Gasteiger partial charge is 0.457 e. The van der Waals surface area contributed by atoms with Crippen LogP contribution in [0, 0.1) is 0 Å². The fraction of sp³-hybridized carbons (Fsp3) is 0.105. The Bertz CT molecular complexity index is 941.